The molecule has 0 saturated heterocycles. The van der Waals surface area contributed by atoms with Crippen molar-refractivity contribution >= 4 is 11.6 Å². The van der Waals surface area contributed by atoms with Gasteiger partial charge in [-0.1, -0.05) is 60.1 Å². The van der Waals surface area contributed by atoms with E-state index in [1.54, 1.807) is 13.0 Å². The van der Waals surface area contributed by atoms with Crippen LogP contribution in [-0.4, -0.2) is 4.74 Å². The Balaban J connectivity index is 2.20. The number of rotatable bonds is 3. The maximum atomic E-state index is 13.0. The van der Waals surface area contributed by atoms with Crippen LogP contribution in [0.3, 0.4) is 0 Å². The normalized spacial score (nSPS) is 11.7. The lowest BCUT2D eigenvalue weighted by Gasteiger charge is -2.24. The van der Waals surface area contributed by atoms with Crippen molar-refractivity contribution < 1.29 is 4.52 Å². The molecular formula is C19H18ClNO2. The average Bonchev–Trinajstić information content (AvgIpc) is 2.84. The number of halogens is 1. The fraction of sp³-hybridized carbons (Fsp3) is 0.211. The van der Waals surface area contributed by atoms with E-state index in [-0.39, 0.29) is 5.56 Å². The molecule has 0 unspecified atom stereocenters. The van der Waals surface area contributed by atoms with Gasteiger partial charge in [0, 0.05) is 10.6 Å². The molecule has 0 radical (unpaired) electrons. The van der Waals surface area contributed by atoms with Crippen molar-refractivity contribution in [3.63, 3.8) is 0 Å². The largest absolute Gasteiger partial charge is 0.380 e. The van der Waals surface area contributed by atoms with E-state index in [9.17, 15) is 4.79 Å². The van der Waals surface area contributed by atoms with E-state index in [4.69, 9.17) is 16.1 Å². The standard InChI is InChI=1S/C19H18ClNO2/c1-13-17(15-11-7-8-12-16(15)20)18(22)21(23-13)19(2,3)14-9-5-4-6-10-14/h4-12H,1-3H3. The van der Waals surface area contributed by atoms with Crippen molar-refractivity contribution in [2.45, 2.75) is 26.3 Å². The number of aromatic nitrogens is 1. The zero-order valence-electron chi connectivity index (χ0n) is 13.3. The molecule has 0 fully saturated rings. The lowest BCUT2D eigenvalue weighted by atomic mass is 9.94. The fourth-order valence-electron chi connectivity index (χ4n) is 2.78. The van der Waals surface area contributed by atoms with Gasteiger partial charge in [0.1, 0.15) is 11.3 Å². The highest BCUT2D eigenvalue weighted by Crippen LogP contribution is 2.31. The first-order valence-corrected chi connectivity index (χ1v) is 7.84. The molecule has 0 atom stereocenters. The summed E-state index contributed by atoms with van der Waals surface area (Å²) in [5.41, 5.74) is 1.44. The molecule has 118 valence electrons. The maximum absolute atomic E-state index is 13.0. The number of nitrogens with zero attached hydrogens (tertiary/aromatic N) is 1. The van der Waals surface area contributed by atoms with Gasteiger partial charge in [-0.05, 0) is 32.4 Å². The van der Waals surface area contributed by atoms with Gasteiger partial charge >= 0.3 is 0 Å². The minimum absolute atomic E-state index is 0.176. The van der Waals surface area contributed by atoms with Crippen LogP contribution < -0.4 is 5.56 Å². The zero-order chi connectivity index (χ0) is 16.6. The Morgan fingerprint density at radius 3 is 2.26 bits per heavy atom. The van der Waals surface area contributed by atoms with E-state index in [1.165, 1.54) is 4.74 Å². The van der Waals surface area contributed by atoms with Crippen LogP contribution in [0.25, 0.3) is 11.1 Å². The SMILES string of the molecule is Cc1on(C(C)(C)c2ccccc2)c(=O)c1-c1ccccc1Cl. The van der Waals surface area contributed by atoms with Gasteiger partial charge in [0.05, 0.1) is 5.56 Å². The first kappa shape index (κ1) is 15.6. The zero-order valence-corrected chi connectivity index (χ0v) is 14.1. The lowest BCUT2D eigenvalue weighted by molar-refractivity contribution is 0.166. The first-order chi connectivity index (χ1) is 10.9. The summed E-state index contributed by atoms with van der Waals surface area (Å²) in [6.07, 6.45) is 0. The van der Waals surface area contributed by atoms with Crippen LogP contribution in [0.4, 0.5) is 0 Å². The predicted octanol–water partition coefficient (Wildman–Crippen LogP) is 4.85. The summed E-state index contributed by atoms with van der Waals surface area (Å²) < 4.78 is 7.25. The van der Waals surface area contributed by atoms with Crippen LogP contribution in [0.2, 0.25) is 5.02 Å². The van der Waals surface area contributed by atoms with Gasteiger partial charge < -0.3 is 4.52 Å². The number of benzene rings is 2. The smallest absolute Gasteiger partial charge is 0.291 e. The minimum atomic E-state index is -0.595. The second-order valence-corrected chi connectivity index (χ2v) is 6.43. The molecule has 0 bridgehead atoms. The number of hydrogen-bond acceptors (Lipinski definition) is 2. The van der Waals surface area contributed by atoms with Gasteiger partial charge in [0.25, 0.3) is 5.56 Å². The predicted molar refractivity (Wildman–Crippen MR) is 93.0 cm³/mol. The second kappa shape index (κ2) is 5.74. The van der Waals surface area contributed by atoms with Crippen LogP contribution in [0.5, 0.6) is 0 Å². The summed E-state index contributed by atoms with van der Waals surface area (Å²) in [6, 6.07) is 17.1. The van der Waals surface area contributed by atoms with Crippen molar-refractivity contribution in [1.82, 2.24) is 4.74 Å². The molecule has 0 spiro atoms. The monoisotopic (exact) mass is 327 g/mol. The molecular weight excluding hydrogens is 310 g/mol. The van der Waals surface area contributed by atoms with Crippen molar-refractivity contribution in [1.29, 1.82) is 0 Å². The molecule has 0 saturated carbocycles. The van der Waals surface area contributed by atoms with Crippen LogP contribution >= 0.6 is 11.6 Å². The summed E-state index contributed by atoms with van der Waals surface area (Å²) in [5, 5.41) is 0.540. The molecule has 1 aromatic heterocycles. The fourth-order valence-corrected chi connectivity index (χ4v) is 3.01. The van der Waals surface area contributed by atoms with E-state index >= 15 is 0 Å². The Labute approximate surface area is 140 Å². The number of hydrogen-bond donors (Lipinski definition) is 0. The van der Waals surface area contributed by atoms with E-state index in [1.807, 2.05) is 62.4 Å². The maximum Gasteiger partial charge on any atom is 0.291 e. The molecule has 1 heterocycles. The van der Waals surface area contributed by atoms with E-state index in [2.05, 4.69) is 0 Å². The average molecular weight is 328 g/mol. The summed E-state index contributed by atoms with van der Waals surface area (Å²) in [6.45, 7) is 5.71. The second-order valence-electron chi connectivity index (χ2n) is 6.03. The van der Waals surface area contributed by atoms with Gasteiger partial charge in [0.2, 0.25) is 0 Å². The molecule has 0 aliphatic rings. The molecule has 3 aromatic rings. The molecule has 0 aliphatic heterocycles. The Morgan fingerprint density at radius 1 is 1.00 bits per heavy atom. The van der Waals surface area contributed by atoms with Crippen molar-refractivity contribution in [2.75, 3.05) is 0 Å². The van der Waals surface area contributed by atoms with Gasteiger partial charge in [-0.25, -0.2) is 0 Å². The van der Waals surface area contributed by atoms with Crippen molar-refractivity contribution in [2.24, 2.45) is 0 Å². The third-order valence-corrected chi connectivity index (χ3v) is 4.44. The Kier molecular flexibility index (Phi) is 3.90. The Hall–Kier alpha value is -2.26. The minimum Gasteiger partial charge on any atom is -0.380 e. The summed E-state index contributed by atoms with van der Waals surface area (Å²) >= 11 is 6.25. The molecule has 3 nitrogen and oxygen atoms in total. The van der Waals surface area contributed by atoms with Crippen LogP contribution in [0.1, 0.15) is 25.2 Å². The third kappa shape index (κ3) is 2.62. The van der Waals surface area contributed by atoms with E-state index in [0.29, 0.717) is 21.9 Å². The highest BCUT2D eigenvalue weighted by Gasteiger charge is 2.30. The summed E-state index contributed by atoms with van der Waals surface area (Å²) in [4.78, 5) is 13.0. The van der Waals surface area contributed by atoms with Crippen LogP contribution in [0.15, 0.2) is 63.9 Å². The highest BCUT2D eigenvalue weighted by atomic mass is 35.5. The Bertz CT molecular complexity index is 891. The van der Waals surface area contributed by atoms with Gasteiger partial charge in [-0.2, -0.15) is 4.74 Å². The van der Waals surface area contributed by atoms with E-state index < -0.39 is 5.54 Å². The van der Waals surface area contributed by atoms with Crippen molar-refractivity contribution in [3.05, 3.63) is 81.3 Å². The third-order valence-electron chi connectivity index (χ3n) is 4.11. The quantitative estimate of drug-likeness (QED) is 0.689. The molecule has 0 aliphatic carbocycles. The molecule has 23 heavy (non-hydrogen) atoms. The number of aryl methyl sites for hydroxylation is 1. The van der Waals surface area contributed by atoms with Crippen LogP contribution in [0, 0.1) is 6.92 Å². The molecule has 3 rings (SSSR count). The van der Waals surface area contributed by atoms with Gasteiger partial charge in [0.15, 0.2) is 0 Å². The topological polar surface area (TPSA) is 35.1 Å². The Morgan fingerprint density at radius 2 is 1.61 bits per heavy atom. The van der Waals surface area contributed by atoms with Crippen LogP contribution in [-0.2, 0) is 5.54 Å². The molecule has 4 heteroatoms. The van der Waals surface area contributed by atoms with Crippen molar-refractivity contribution in [3.8, 4) is 11.1 Å². The molecule has 0 N–H and O–H groups in total. The molecule has 0 amide bonds. The van der Waals surface area contributed by atoms with Gasteiger partial charge in [-0.3, -0.25) is 4.79 Å². The lowest BCUT2D eigenvalue weighted by Crippen LogP contribution is -2.34. The summed E-state index contributed by atoms with van der Waals surface area (Å²) in [7, 11) is 0. The summed E-state index contributed by atoms with van der Waals surface area (Å²) in [5.74, 6) is 0.562. The van der Waals surface area contributed by atoms with E-state index in [0.717, 1.165) is 5.56 Å². The van der Waals surface area contributed by atoms with Gasteiger partial charge in [-0.15, -0.1) is 0 Å². The first-order valence-electron chi connectivity index (χ1n) is 7.47. The molecule has 2 aromatic carbocycles. The highest BCUT2D eigenvalue weighted by molar-refractivity contribution is 6.33.